The van der Waals surface area contributed by atoms with Gasteiger partial charge in [0, 0.05) is 23.0 Å². The molecule has 0 amide bonds. The molecule has 0 atom stereocenters. The van der Waals surface area contributed by atoms with Gasteiger partial charge in [-0.25, -0.2) is 4.98 Å². The highest BCUT2D eigenvalue weighted by molar-refractivity contribution is 8.01. The van der Waals surface area contributed by atoms with E-state index in [-0.39, 0.29) is 0 Å². The van der Waals surface area contributed by atoms with Gasteiger partial charge in [0.15, 0.2) is 4.34 Å². The number of benzene rings is 1. The van der Waals surface area contributed by atoms with Crippen LogP contribution in [-0.4, -0.2) is 11.5 Å². The molecule has 4 heteroatoms. The number of aryl methyl sites for hydroxylation is 1. The Kier molecular flexibility index (Phi) is 5.23. The zero-order valence-electron chi connectivity index (χ0n) is 10.8. The lowest BCUT2D eigenvalue weighted by Crippen LogP contribution is -2.14. The number of aromatic nitrogens is 1. The molecule has 1 aromatic carbocycles. The zero-order chi connectivity index (χ0) is 12.8. The van der Waals surface area contributed by atoms with Crippen molar-refractivity contribution in [1.29, 1.82) is 0 Å². The molecule has 0 unspecified atom stereocenters. The Bertz CT molecular complexity index is 481. The molecule has 0 bridgehead atoms. The number of thiazole rings is 1. The quantitative estimate of drug-likeness (QED) is 0.805. The molecular formula is C14H18N2S2. The van der Waals surface area contributed by atoms with Crippen molar-refractivity contribution < 1.29 is 0 Å². The fourth-order valence-electron chi connectivity index (χ4n) is 1.70. The maximum Gasteiger partial charge on any atom is 0.154 e. The van der Waals surface area contributed by atoms with Crippen molar-refractivity contribution in [3.05, 3.63) is 40.9 Å². The van der Waals surface area contributed by atoms with Gasteiger partial charge >= 0.3 is 0 Å². The van der Waals surface area contributed by atoms with E-state index in [0.29, 0.717) is 0 Å². The van der Waals surface area contributed by atoms with Crippen LogP contribution in [0.2, 0.25) is 0 Å². The van der Waals surface area contributed by atoms with E-state index in [1.54, 1.807) is 23.1 Å². The highest BCUT2D eigenvalue weighted by Gasteiger charge is 2.06. The lowest BCUT2D eigenvalue weighted by molar-refractivity contribution is 0.669. The normalized spacial score (nSPS) is 10.8. The average Bonchev–Trinajstić information content (AvgIpc) is 2.86. The van der Waals surface area contributed by atoms with Crippen molar-refractivity contribution in [2.45, 2.75) is 36.0 Å². The molecule has 0 aliphatic rings. The van der Waals surface area contributed by atoms with Crippen LogP contribution in [0.1, 0.15) is 24.5 Å². The number of hydrogen-bond acceptors (Lipinski definition) is 4. The summed E-state index contributed by atoms with van der Waals surface area (Å²) in [6.45, 7) is 6.33. The highest BCUT2D eigenvalue weighted by Crippen LogP contribution is 2.32. The number of rotatable bonds is 6. The number of hydrogen-bond donors (Lipinski definition) is 1. The fraction of sp³-hybridized carbons (Fsp3) is 0.357. The summed E-state index contributed by atoms with van der Waals surface area (Å²) in [5.74, 6) is 0. The van der Waals surface area contributed by atoms with Crippen molar-refractivity contribution in [1.82, 2.24) is 10.3 Å². The largest absolute Gasteiger partial charge is 0.313 e. The van der Waals surface area contributed by atoms with Gasteiger partial charge in [-0.05, 0) is 31.5 Å². The second-order valence-corrected chi connectivity index (χ2v) is 6.37. The summed E-state index contributed by atoms with van der Waals surface area (Å²) in [7, 11) is 0. The molecule has 2 aromatic rings. The maximum absolute atomic E-state index is 4.33. The third-order valence-corrected chi connectivity index (χ3v) is 4.57. The average molecular weight is 278 g/mol. The van der Waals surface area contributed by atoms with Crippen LogP contribution in [0.3, 0.4) is 0 Å². The lowest BCUT2D eigenvalue weighted by Gasteiger charge is -2.10. The molecule has 1 heterocycles. The number of nitrogens with zero attached hydrogens (tertiary/aromatic N) is 1. The van der Waals surface area contributed by atoms with E-state index in [1.807, 2.05) is 11.6 Å². The van der Waals surface area contributed by atoms with E-state index in [9.17, 15) is 0 Å². The van der Waals surface area contributed by atoms with Gasteiger partial charge in [-0.15, -0.1) is 11.3 Å². The topological polar surface area (TPSA) is 24.9 Å². The first-order valence-corrected chi connectivity index (χ1v) is 7.87. The van der Waals surface area contributed by atoms with Gasteiger partial charge in [-0.2, -0.15) is 0 Å². The van der Waals surface area contributed by atoms with Crippen LogP contribution in [0.15, 0.2) is 39.0 Å². The second kappa shape index (κ2) is 6.92. The van der Waals surface area contributed by atoms with Gasteiger partial charge < -0.3 is 5.32 Å². The Morgan fingerprint density at radius 2 is 2.28 bits per heavy atom. The zero-order valence-corrected chi connectivity index (χ0v) is 12.4. The van der Waals surface area contributed by atoms with E-state index in [1.165, 1.54) is 22.4 Å². The van der Waals surface area contributed by atoms with Crippen molar-refractivity contribution in [2.75, 3.05) is 6.54 Å². The van der Waals surface area contributed by atoms with Crippen LogP contribution in [0, 0.1) is 6.92 Å². The van der Waals surface area contributed by atoms with Crippen molar-refractivity contribution >= 4 is 23.1 Å². The minimum absolute atomic E-state index is 0.934. The van der Waals surface area contributed by atoms with E-state index < -0.39 is 0 Å². The molecule has 0 saturated carbocycles. The van der Waals surface area contributed by atoms with E-state index in [2.05, 4.69) is 42.3 Å². The van der Waals surface area contributed by atoms with Gasteiger partial charge in [-0.1, -0.05) is 36.4 Å². The molecule has 0 aliphatic carbocycles. The van der Waals surface area contributed by atoms with Crippen LogP contribution in [0.25, 0.3) is 0 Å². The molecule has 1 N–H and O–H groups in total. The smallest absolute Gasteiger partial charge is 0.154 e. The summed E-state index contributed by atoms with van der Waals surface area (Å²) in [4.78, 5) is 5.64. The molecular weight excluding hydrogens is 260 g/mol. The predicted molar refractivity (Wildman–Crippen MR) is 79.4 cm³/mol. The maximum atomic E-state index is 4.33. The lowest BCUT2D eigenvalue weighted by atomic mass is 10.1. The van der Waals surface area contributed by atoms with E-state index >= 15 is 0 Å². The standard InChI is InChI=1S/C14H18N2S2/c1-3-6-15-10-12-9-11(2)4-5-13(12)18-14-16-7-8-17-14/h4-5,7-9,15H,3,6,10H2,1-2H3. The Balaban J connectivity index is 2.12. The minimum atomic E-state index is 0.934. The summed E-state index contributed by atoms with van der Waals surface area (Å²) in [5.41, 5.74) is 2.68. The summed E-state index contributed by atoms with van der Waals surface area (Å²) >= 11 is 3.45. The van der Waals surface area contributed by atoms with Gasteiger partial charge in [-0.3, -0.25) is 0 Å². The van der Waals surface area contributed by atoms with Crippen LogP contribution < -0.4 is 5.32 Å². The van der Waals surface area contributed by atoms with Crippen molar-refractivity contribution in [3.8, 4) is 0 Å². The third kappa shape index (κ3) is 3.83. The highest BCUT2D eigenvalue weighted by atomic mass is 32.2. The third-order valence-electron chi connectivity index (χ3n) is 2.57. The van der Waals surface area contributed by atoms with Gasteiger partial charge in [0.25, 0.3) is 0 Å². The second-order valence-electron chi connectivity index (χ2n) is 4.19. The van der Waals surface area contributed by atoms with Crippen LogP contribution >= 0.6 is 23.1 Å². The van der Waals surface area contributed by atoms with Crippen LogP contribution in [-0.2, 0) is 6.54 Å². The van der Waals surface area contributed by atoms with E-state index in [4.69, 9.17) is 0 Å². The molecule has 1 aromatic heterocycles. The van der Waals surface area contributed by atoms with Crippen LogP contribution in [0.5, 0.6) is 0 Å². The van der Waals surface area contributed by atoms with Gasteiger partial charge in [0.2, 0.25) is 0 Å². The minimum Gasteiger partial charge on any atom is -0.313 e. The first-order valence-electron chi connectivity index (χ1n) is 6.17. The molecule has 2 nitrogen and oxygen atoms in total. The molecule has 0 aliphatic heterocycles. The van der Waals surface area contributed by atoms with Crippen molar-refractivity contribution in [2.24, 2.45) is 0 Å². The Hall–Kier alpha value is -0.840. The molecule has 0 radical (unpaired) electrons. The fourth-order valence-corrected chi connectivity index (χ4v) is 3.39. The Labute approximate surface area is 117 Å². The SMILES string of the molecule is CCCNCc1cc(C)ccc1Sc1nccs1. The molecule has 0 spiro atoms. The summed E-state index contributed by atoms with van der Waals surface area (Å²) < 4.78 is 1.11. The summed E-state index contributed by atoms with van der Waals surface area (Å²) in [5, 5.41) is 5.49. The van der Waals surface area contributed by atoms with Crippen molar-refractivity contribution in [3.63, 3.8) is 0 Å². The first kappa shape index (κ1) is 13.6. The van der Waals surface area contributed by atoms with E-state index in [0.717, 1.165) is 17.4 Å². The summed E-state index contributed by atoms with van der Waals surface area (Å²) in [6, 6.07) is 6.63. The molecule has 0 fully saturated rings. The molecule has 18 heavy (non-hydrogen) atoms. The molecule has 0 saturated heterocycles. The first-order chi connectivity index (χ1) is 8.79. The van der Waals surface area contributed by atoms with Gasteiger partial charge in [0.1, 0.15) is 0 Å². The van der Waals surface area contributed by atoms with Crippen LogP contribution in [0.4, 0.5) is 0 Å². The Morgan fingerprint density at radius 3 is 3.00 bits per heavy atom. The molecule has 96 valence electrons. The van der Waals surface area contributed by atoms with Gasteiger partial charge in [0.05, 0.1) is 0 Å². The number of nitrogens with one attached hydrogen (secondary N) is 1. The molecule has 2 rings (SSSR count). The Morgan fingerprint density at radius 1 is 1.39 bits per heavy atom. The summed E-state index contributed by atoms with van der Waals surface area (Å²) in [6.07, 6.45) is 3.02. The monoisotopic (exact) mass is 278 g/mol. The predicted octanol–water partition coefficient (Wildman–Crippen LogP) is 4.10.